The second-order valence-corrected chi connectivity index (χ2v) is 17.7. The summed E-state index contributed by atoms with van der Waals surface area (Å²) in [5.41, 5.74) is 0. The number of aliphatic hydroxyl groups excluding tert-OH is 2. The van der Waals surface area contributed by atoms with E-state index in [0.717, 1.165) is 83.5 Å². The highest BCUT2D eigenvalue weighted by Gasteiger charge is 2.24. The number of unbranched alkanes of at least 4 members (excludes halogenated alkanes) is 20. The first-order valence-electron chi connectivity index (χ1n) is 26.7. The maximum atomic E-state index is 13.2. The van der Waals surface area contributed by atoms with Crippen LogP contribution in [0.3, 0.4) is 0 Å². The molecule has 0 aliphatic carbocycles. The normalized spacial score (nSPS) is 14.1. The van der Waals surface area contributed by atoms with Gasteiger partial charge in [0.15, 0.2) is 0 Å². The average molecular weight is 902 g/mol. The van der Waals surface area contributed by atoms with E-state index in [2.05, 4.69) is 92.9 Å². The molecule has 0 rings (SSSR count). The topological polar surface area (TPSA) is 95.9 Å². The molecule has 0 bridgehead atoms. The number of nitrogens with one attached hydrogen (secondary N) is 1. The molecule has 370 valence electrons. The molecule has 0 spiro atoms. The van der Waals surface area contributed by atoms with E-state index in [0.29, 0.717) is 19.3 Å². The molecule has 6 nitrogen and oxygen atoms in total. The lowest BCUT2D eigenvalue weighted by atomic mass is 10.0. The Balaban J connectivity index is 4.79. The number of carbonyl (C=O) groups excluding carboxylic acids is 2. The Hall–Kier alpha value is -3.48. The zero-order chi connectivity index (χ0) is 47.4. The van der Waals surface area contributed by atoms with E-state index in [1.807, 2.05) is 42.5 Å². The van der Waals surface area contributed by atoms with Crippen LogP contribution in [0, 0.1) is 0 Å². The van der Waals surface area contributed by atoms with Crippen LogP contribution in [0.25, 0.3) is 0 Å². The Morgan fingerprint density at radius 1 is 0.477 bits per heavy atom. The van der Waals surface area contributed by atoms with E-state index < -0.39 is 18.2 Å². The smallest absolute Gasteiger partial charge is 0.306 e. The molecular weight excluding hydrogens is 803 g/mol. The first-order chi connectivity index (χ1) is 32.0. The maximum absolute atomic E-state index is 13.2. The monoisotopic (exact) mass is 902 g/mol. The number of hydrogen-bond donors (Lipinski definition) is 3. The third kappa shape index (κ3) is 46.8. The van der Waals surface area contributed by atoms with Crippen LogP contribution in [0.1, 0.15) is 226 Å². The molecule has 0 aromatic heterocycles. The van der Waals surface area contributed by atoms with Crippen molar-refractivity contribution in [3.05, 3.63) is 109 Å². The highest BCUT2D eigenvalue weighted by atomic mass is 16.5. The SMILES string of the molecule is CC/C=C/C=C/C=C\C=C/C=C/CCCCCC(=O)OC(CCC/C=C\C/C=C\C/C=C\C/C=C\CCCCC)CC(=O)NC(CO)C(O)CCCCCCCCCCCCCCCC. The van der Waals surface area contributed by atoms with Crippen molar-refractivity contribution in [2.75, 3.05) is 6.61 Å². The van der Waals surface area contributed by atoms with Crippen LogP contribution in [0.2, 0.25) is 0 Å². The summed E-state index contributed by atoms with van der Waals surface area (Å²) in [5.74, 6) is -0.585. The van der Waals surface area contributed by atoms with Gasteiger partial charge in [-0.15, -0.1) is 0 Å². The second kappa shape index (κ2) is 51.5. The van der Waals surface area contributed by atoms with E-state index in [9.17, 15) is 19.8 Å². The Morgan fingerprint density at radius 3 is 1.45 bits per heavy atom. The summed E-state index contributed by atoms with van der Waals surface area (Å²) in [4.78, 5) is 26.2. The van der Waals surface area contributed by atoms with Crippen molar-refractivity contribution in [2.24, 2.45) is 0 Å². The molecule has 0 aliphatic heterocycles. The van der Waals surface area contributed by atoms with E-state index in [1.165, 1.54) is 96.3 Å². The molecule has 0 aromatic rings. The molecule has 3 N–H and O–H groups in total. The van der Waals surface area contributed by atoms with Crippen molar-refractivity contribution in [1.82, 2.24) is 5.32 Å². The van der Waals surface area contributed by atoms with Crippen LogP contribution in [0.15, 0.2) is 109 Å². The number of esters is 1. The Labute approximate surface area is 400 Å². The Bertz CT molecular complexity index is 1330. The lowest BCUT2D eigenvalue weighted by molar-refractivity contribution is -0.151. The van der Waals surface area contributed by atoms with Gasteiger partial charge >= 0.3 is 5.97 Å². The minimum Gasteiger partial charge on any atom is -0.462 e. The van der Waals surface area contributed by atoms with Gasteiger partial charge in [-0.25, -0.2) is 0 Å². The van der Waals surface area contributed by atoms with E-state index >= 15 is 0 Å². The minimum atomic E-state index is -0.817. The Morgan fingerprint density at radius 2 is 0.908 bits per heavy atom. The molecule has 65 heavy (non-hydrogen) atoms. The predicted molar refractivity (Wildman–Crippen MR) is 282 cm³/mol. The van der Waals surface area contributed by atoms with Crippen molar-refractivity contribution in [3.8, 4) is 0 Å². The first-order valence-corrected chi connectivity index (χ1v) is 26.7. The molecule has 0 saturated heterocycles. The molecule has 0 aromatic carbocycles. The van der Waals surface area contributed by atoms with Crippen LogP contribution in [0.5, 0.6) is 0 Å². The highest BCUT2D eigenvalue weighted by molar-refractivity contribution is 5.77. The Kier molecular flexibility index (Phi) is 48.7. The summed E-state index contributed by atoms with van der Waals surface area (Å²) in [6, 6.07) is -0.736. The summed E-state index contributed by atoms with van der Waals surface area (Å²) in [5, 5.41) is 23.8. The lowest BCUT2D eigenvalue weighted by Crippen LogP contribution is -2.46. The fourth-order valence-corrected chi connectivity index (χ4v) is 7.44. The summed E-state index contributed by atoms with van der Waals surface area (Å²) < 4.78 is 5.89. The van der Waals surface area contributed by atoms with Crippen molar-refractivity contribution in [2.45, 2.75) is 244 Å². The zero-order valence-corrected chi connectivity index (χ0v) is 42.1. The van der Waals surface area contributed by atoms with Crippen LogP contribution < -0.4 is 5.32 Å². The van der Waals surface area contributed by atoms with Gasteiger partial charge in [-0.3, -0.25) is 9.59 Å². The van der Waals surface area contributed by atoms with Gasteiger partial charge in [0.05, 0.1) is 25.2 Å². The molecule has 0 heterocycles. The molecule has 0 fully saturated rings. The van der Waals surface area contributed by atoms with Gasteiger partial charge in [-0.05, 0) is 83.5 Å². The molecule has 0 saturated carbocycles. The van der Waals surface area contributed by atoms with E-state index in [1.54, 1.807) is 0 Å². The zero-order valence-electron chi connectivity index (χ0n) is 42.1. The van der Waals surface area contributed by atoms with Crippen molar-refractivity contribution >= 4 is 11.9 Å². The number of hydrogen-bond acceptors (Lipinski definition) is 5. The van der Waals surface area contributed by atoms with Gasteiger partial charge in [0.25, 0.3) is 0 Å². The van der Waals surface area contributed by atoms with Gasteiger partial charge < -0.3 is 20.3 Å². The standard InChI is InChI=1S/C59H99NO5/c1-4-7-10-13-16-19-22-25-28-29-31-32-35-38-41-44-47-50-55(65-59(64)52-49-46-43-40-37-34-30-26-23-20-17-14-11-8-5-2)53-58(63)60-56(54-61)57(62)51-48-45-42-39-36-33-27-24-21-18-15-12-9-6-3/h8,11,14,16-17,19-20,23,25-26,28,30-32,34,37-38,41,55-57,61-62H,4-7,9-10,12-13,15,18,21-22,24,27,29,33,35-36,39-40,42-54H2,1-3H3,(H,60,63)/b11-8+,17-14+,19-16-,23-20-,28-25-,30-26-,32-31-,37-34+,41-38-. The number of amides is 1. The van der Waals surface area contributed by atoms with Gasteiger partial charge in [0.1, 0.15) is 6.10 Å². The van der Waals surface area contributed by atoms with Gasteiger partial charge in [0, 0.05) is 6.42 Å². The summed E-state index contributed by atoms with van der Waals surface area (Å²) in [6.07, 6.45) is 70.0. The fraction of sp³-hybridized carbons (Fsp3) is 0.661. The average Bonchev–Trinajstić information content (AvgIpc) is 3.30. The number of ether oxygens (including phenoxy) is 1. The largest absolute Gasteiger partial charge is 0.462 e. The maximum Gasteiger partial charge on any atom is 0.306 e. The van der Waals surface area contributed by atoms with Crippen molar-refractivity contribution < 1.29 is 24.5 Å². The number of aliphatic hydroxyl groups is 2. The quantitative estimate of drug-likeness (QED) is 0.0245. The molecule has 0 aliphatic rings. The third-order valence-electron chi connectivity index (χ3n) is 11.5. The van der Waals surface area contributed by atoms with Crippen molar-refractivity contribution in [1.29, 1.82) is 0 Å². The number of allylic oxidation sites excluding steroid dienone is 18. The fourth-order valence-electron chi connectivity index (χ4n) is 7.44. The second-order valence-electron chi connectivity index (χ2n) is 17.7. The molecular formula is C59H99NO5. The lowest BCUT2D eigenvalue weighted by Gasteiger charge is -2.24. The van der Waals surface area contributed by atoms with E-state index in [-0.39, 0.29) is 24.9 Å². The molecule has 3 atom stereocenters. The molecule has 3 unspecified atom stereocenters. The first kappa shape index (κ1) is 61.5. The number of rotatable bonds is 46. The van der Waals surface area contributed by atoms with Gasteiger partial charge in [0.2, 0.25) is 5.91 Å². The van der Waals surface area contributed by atoms with Gasteiger partial charge in [-0.2, -0.15) is 0 Å². The molecule has 6 heteroatoms. The van der Waals surface area contributed by atoms with Crippen LogP contribution >= 0.6 is 0 Å². The van der Waals surface area contributed by atoms with Gasteiger partial charge in [-0.1, -0.05) is 239 Å². The summed E-state index contributed by atoms with van der Waals surface area (Å²) >= 11 is 0. The van der Waals surface area contributed by atoms with Crippen LogP contribution in [-0.4, -0.2) is 46.9 Å². The predicted octanol–water partition coefficient (Wildman–Crippen LogP) is 16.3. The number of carbonyl (C=O) groups is 2. The van der Waals surface area contributed by atoms with Crippen LogP contribution in [-0.2, 0) is 14.3 Å². The summed E-state index contributed by atoms with van der Waals surface area (Å²) in [7, 11) is 0. The molecule has 1 amide bonds. The molecule has 0 radical (unpaired) electrons. The third-order valence-corrected chi connectivity index (χ3v) is 11.5. The van der Waals surface area contributed by atoms with Crippen LogP contribution in [0.4, 0.5) is 0 Å². The minimum absolute atomic E-state index is 0.0160. The summed E-state index contributed by atoms with van der Waals surface area (Å²) in [6.45, 7) is 6.28. The van der Waals surface area contributed by atoms with Crippen molar-refractivity contribution in [3.63, 3.8) is 0 Å². The highest BCUT2D eigenvalue weighted by Crippen LogP contribution is 2.16. The van der Waals surface area contributed by atoms with E-state index in [4.69, 9.17) is 4.74 Å².